The van der Waals surface area contributed by atoms with Crippen molar-refractivity contribution in [2.75, 3.05) is 13.7 Å². The third kappa shape index (κ3) is 2.23. The molecule has 1 rings (SSSR count). The molecule has 0 aromatic rings. The van der Waals surface area contributed by atoms with E-state index in [-0.39, 0.29) is 6.54 Å². The molecule has 0 radical (unpaired) electrons. The number of hydrogen-bond acceptors (Lipinski definition) is 4. The monoisotopic (exact) mass is 227 g/mol. The van der Waals surface area contributed by atoms with Gasteiger partial charge < -0.3 is 9.57 Å². The van der Waals surface area contributed by atoms with Gasteiger partial charge in [-0.2, -0.15) is 13.2 Å². The third-order valence-corrected chi connectivity index (χ3v) is 2.68. The molecule has 0 aromatic heterocycles. The van der Waals surface area contributed by atoms with E-state index in [4.69, 9.17) is 4.74 Å². The van der Waals surface area contributed by atoms with E-state index in [0.29, 0.717) is 0 Å². The number of carbonyl (C=O) groups is 1. The predicted octanol–water partition coefficient (Wildman–Crippen LogP) is 1.12. The lowest BCUT2D eigenvalue weighted by molar-refractivity contribution is -0.309. The summed E-state index contributed by atoms with van der Waals surface area (Å²) in [7, 11) is 1.46. The highest BCUT2D eigenvalue weighted by Gasteiger charge is 2.52. The van der Waals surface area contributed by atoms with Gasteiger partial charge in [0.15, 0.2) is 0 Å². The highest BCUT2D eigenvalue weighted by atomic mass is 19.4. The van der Waals surface area contributed by atoms with Gasteiger partial charge in [-0.15, -0.1) is 5.06 Å². The van der Waals surface area contributed by atoms with Gasteiger partial charge in [-0.25, -0.2) is 4.79 Å². The standard InChI is InChI=1S/C8H12F3NO3/c1-5-7(2,14-3)4-12(5)15-6(13)8(9,10)11/h5H,4H2,1-3H3/t5-,7-/m0/s1. The third-order valence-electron chi connectivity index (χ3n) is 2.68. The number of nitrogens with zero attached hydrogens (tertiary/aromatic N) is 1. The summed E-state index contributed by atoms with van der Waals surface area (Å²) >= 11 is 0. The normalized spacial score (nSPS) is 32.3. The fourth-order valence-corrected chi connectivity index (χ4v) is 1.28. The van der Waals surface area contributed by atoms with Gasteiger partial charge in [0.05, 0.1) is 18.2 Å². The summed E-state index contributed by atoms with van der Waals surface area (Å²) in [6, 6.07) is -0.395. The summed E-state index contributed by atoms with van der Waals surface area (Å²) in [5.74, 6) is -2.20. The van der Waals surface area contributed by atoms with Gasteiger partial charge in [-0.1, -0.05) is 0 Å². The van der Waals surface area contributed by atoms with Crippen LogP contribution >= 0.6 is 0 Å². The Bertz CT molecular complexity index is 268. The molecule has 1 heterocycles. The van der Waals surface area contributed by atoms with Gasteiger partial charge in [-0.05, 0) is 13.8 Å². The molecular weight excluding hydrogens is 215 g/mol. The van der Waals surface area contributed by atoms with Crippen molar-refractivity contribution in [2.45, 2.75) is 31.7 Å². The second kappa shape index (κ2) is 3.64. The van der Waals surface area contributed by atoms with Crippen molar-refractivity contribution >= 4 is 5.97 Å². The van der Waals surface area contributed by atoms with Crippen molar-refractivity contribution in [3.63, 3.8) is 0 Å². The smallest absolute Gasteiger partial charge is 0.375 e. The number of alkyl halides is 3. The average Bonchev–Trinajstić information content (AvgIpc) is 2.14. The number of ether oxygens (including phenoxy) is 1. The van der Waals surface area contributed by atoms with Crippen molar-refractivity contribution in [1.82, 2.24) is 5.06 Å². The number of rotatable bonds is 2. The molecule has 1 aliphatic heterocycles. The van der Waals surface area contributed by atoms with Crippen LogP contribution in [0.4, 0.5) is 13.2 Å². The van der Waals surface area contributed by atoms with E-state index in [1.54, 1.807) is 13.8 Å². The lowest BCUT2D eigenvalue weighted by Gasteiger charge is -2.50. The summed E-state index contributed by atoms with van der Waals surface area (Å²) < 4.78 is 40.6. The number of methoxy groups -OCH3 is 1. The molecule has 0 saturated carbocycles. The molecule has 2 atom stereocenters. The Morgan fingerprint density at radius 2 is 2.07 bits per heavy atom. The molecule has 15 heavy (non-hydrogen) atoms. The van der Waals surface area contributed by atoms with Crippen molar-refractivity contribution in [1.29, 1.82) is 0 Å². The van der Waals surface area contributed by atoms with Gasteiger partial charge in [0.2, 0.25) is 0 Å². The van der Waals surface area contributed by atoms with Gasteiger partial charge in [-0.3, -0.25) is 0 Å². The fraction of sp³-hybridized carbons (Fsp3) is 0.875. The molecule has 0 unspecified atom stereocenters. The first-order chi connectivity index (χ1) is 6.70. The molecule has 0 aromatic carbocycles. The van der Waals surface area contributed by atoms with Crippen LogP contribution < -0.4 is 0 Å². The molecule has 1 fully saturated rings. The Labute approximate surface area is 84.9 Å². The number of halogens is 3. The molecule has 1 aliphatic rings. The zero-order chi connectivity index (χ0) is 11.9. The molecule has 4 nitrogen and oxygen atoms in total. The Morgan fingerprint density at radius 3 is 2.40 bits per heavy atom. The van der Waals surface area contributed by atoms with E-state index in [1.807, 2.05) is 0 Å². The minimum Gasteiger partial charge on any atom is -0.375 e. The van der Waals surface area contributed by atoms with Gasteiger partial charge in [0, 0.05) is 7.11 Å². The van der Waals surface area contributed by atoms with Crippen LogP contribution in [0.5, 0.6) is 0 Å². The molecule has 1 saturated heterocycles. The molecular formula is C8H12F3NO3. The molecule has 0 bridgehead atoms. The van der Waals surface area contributed by atoms with Crippen molar-refractivity contribution in [3.8, 4) is 0 Å². The first kappa shape index (κ1) is 12.3. The number of hydroxylamine groups is 2. The van der Waals surface area contributed by atoms with Crippen LogP contribution in [0.2, 0.25) is 0 Å². The van der Waals surface area contributed by atoms with Crippen LogP contribution in [-0.4, -0.2) is 42.5 Å². The summed E-state index contributed by atoms with van der Waals surface area (Å²) in [5.41, 5.74) is -0.564. The highest BCUT2D eigenvalue weighted by molar-refractivity contribution is 5.75. The van der Waals surface area contributed by atoms with E-state index in [1.165, 1.54) is 7.11 Å². The SMILES string of the molecule is CO[C@@]1(C)CN(OC(=O)C(F)(F)F)[C@H]1C. The van der Waals surface area contributed by atoms with E-state index in [0.717, 1.165) is 5.06 Å². The van der Waals surface area contributed by atoms with Crippen LogP contribution in [0.25, 0.3) is 0 Å². The second-order valence-corrected chi connectivity index (χ2v) is 3.64. The summed E-state index contributed by atoms with van der Waals surface area (Å²) in [4.78, 5) is 14.6. The first-order valence-electron chi connectivity index (χ1n) is 4.31. The second-order valence-electron chi connectivity index (χ2n) is 3.64. The maximum atomic E-state index is 11.8. The Morgan fingerprint density at radius 1 is 1.53 bits per heavy atom. The van der Waals surface area contributed by atoms with E-state index in [9.17, 15) is 18.0 Å². The van der Waals surface area contributed by atoms with Crippen molar-refractivity contribution in [2.24, 2.45) is 0 Å². The largest absolute Gasteiger partial charge is 0.492 e. The van der Waals surface area contributed by atoms with Crippen LogP contribution in [-0.2, 0) is 14.4 Å². The molecule has 0 spiro atoms. The predicted molar refractivity (Wildman–Crippen MR) is 43.7 cm³/mol. The van der Waals surface area contributed by atoms with E-state index in [2.05, 4.69) is 4.84 Å². The minimum atomic E-state index is -4.96. The minimum absolute atomic E-state index is 0.131. The first-order valence-corrected chi connectivity index (χ1v) is 4.31. The zero-order valence-electron chi connectivity index (χ0n) is 8.59. The van der Waals surface area contributed by atoms with Crippen LogP contribution in [0, 0.1) is 0 Å². The highest BCUT2D eigenvalue weighted by Crippen LogP contribution is 2.33. The molecule has 0 aliphatic carbocycles. The Balaban J connectivity index is 2.49. The average molecular weight is 227 g/mol. The number of carbonyl (C=O) groups excluding carboxylic acids is 1. The van der Waals surface area contributed by atoms with Gasteiger partial charge in [0.25, 0.3) is 0 Å². The van der Waals surface area contributed by atoms with Crippen LogP contribution in [0.3, 0.4) is 0 Å². The summed E-state index contributed by atoms with van der Waals surface area (Å²) in [5, 5.41) is 0.958. The molecule has 7 heteroatoms. The molecule has 0 amide bonds. The molecule has 0 N–H and O–H groups in total. The Hall–Kier alpha value is -0.820. The fourth-order valence-electron chi connectivity index (χ4n) is 1.28. The van der Waals surface area contributed by atoms with E-state index >= 15 is 0 Å². The van der Waals surface area contributed by atoms with Crippen molar-refractivity contribution in [3.05, 3.63) is 0 Å². The van der Waals surface area contributed by atoms with Crippen molar-refractivity contribution < 1.29 is 27.5 Å². The maximum absolute atomic E-state index is 11.8. The number of hydrogen-bond donors (Lipinski definition) is 0. The van der Waals surface area contributed by atoms with E-state index < -0.39 is 23.8 Å². The summed E-state index contributed by atoms with van der Waals surface area (Å²) in [6.45, 7) is 3.48. The lowest BCUT2D eigenvalue weighted by atomic mass is 9.89. The topological polar surface area (TPSA) is 38.8 Å². The van der Waals surface area contributed by atoms with Crippen LogP contribution in [0.1, 0.15) is 13.8 Å². The zero-order valence-corrected chi connectivity index (χ0v) is 8.59. The lowest BCUT2D eigenvalue weighted by Crippen LogP contribution is -2.68. The Kier molecular flexibility index (Phi) is 2.97. The van der Waals surface area contributed by atoms with Gasteiger partial charge in [0.1, 0.15) is 0 Å². The van der Waals surface area contributed by atoms with Crippen LogP contribution in [0.15, 0.2) is 0 Å². The maximum Gasteiger partial charge on any atom is 0.492 e. The van der Waals surface area contributed by atoms with Gasteiger partial charge >= 0.3 is 12.1 Å². The summed E-state index contributed by atoms with van der Waals surface area (Å²) in [6.07, 6.45) is -4.96. The molecule has 88 valence electrons. The quantitative estimate of drug-likeness (QED) is 0.708.